The van der Waals surface area contributed by atoms with Crippen LogP contribution in [0.25, 0.3) is 0 Å². The summed E-state index contributed by atoms with van der Waals surface area (Å²) in [6.45, 7) is 17.9. The Kier molecular flexibility index (Phi) is 14.1. The van der Waals surface area contributed by atoms with Gasteiger partial charge >= 0.3 is 11.9 Å². The van der Waals surface area contributed by atoms with Crippen molar-refractivity contribution in [3.63, 3.8) is 0 Å². The maximum absolute atomic E-state index is 12.9. The van der Waals surface area contributed by atoms with Crippen molar-refractivity contribution in [3.05, 3.63) is 12.2 Å². The van der Waals surface area contributed by atoms with E-state index in [1.807, 2.05) is 41.5 Å². The van der Waals surface area contributed by atoms with Crippen LogP contribution in [0.4, 0.5) is 11.6 Å². The number of hydrogen-bond donors (Lipinski definition) is 2. The van der Waals surface area contributed by atoms with Crippen LogP contribution in [-0.4, -0.2) is 132 Å². The van der Waals surface area contributed by atoms with Crippen LogP contribution in [0.3, 0.4) is 0 Å². The monoisotopic (exact) mass is 712 g/mol. The molecule has 0 radical (unpaired) electrons. The van der Waals surface area contributed by atoms with Gasteiger partial charge in [0, 0.05) is 62.5 Å². The van der Waals surface area contributed by atoms with Gasteiger partial charge in [-0.15, -0.1) is 8.75 Å². The Morgan fingerprint density at radius 2 is 1.08 bits per heavy atom. The Morgan fingerprint density at radius 3 is 1.44 bits per heavy atom. The van der Waals surface area contributed by atoms with E-state index in [1.54, 1.807) is 0 Å². The first-order valence-corrected chi connectivity index (χ1v) is 17.5. The van der Waals surface area contributed by atoms with Gasteiger partial charge in [0.15, 0.2) is 0 Å². The van der Waals surface area contributed by atoms with Gasteiger partial charge in [-0.05, 0) is 41.5 Å². The highest BCUT2D eigenvalue weighted by Crippen LogP contribution is 2.27. The summed E-state index contributed by atoms with van der Waals surface area (Å²) in [5.41, 5.74) is -0.470. The first-order chi connectivity index (χ1) is 22.9. The lowest BCUT2D eigenvalue weighted by atomic mass is 10.1. The fourth-order valence-electron chi connectivity index (χ4n) is 4.47. The number of carbonyl (C=O) groups excluding carboxylic acids is 2. The number of aromatic nitrogens is 4. The molecule has 0 spiro atoms. The quantitative estimate of drug-likeness (QED) is 0.190. The van der Waals surface area contributed by atoms with Crippen molar-refractivity contribution in [1.29, 1.82) is 0 Å². The number of carbonyl (C=O) groups is 2. The second-order valence-corrected chi connectivity index (χ2v) is 14.4. The van der Waals surface area contributed by atoms with Crippen LogP contribution in [0.15, 0.2) is 12.2 Å². The summed E-state index contributed by atoms with van der Waals surface area (Å²) in [6.07, 6.45) is 0.736. The molecule has 4 rings (SSSR count). The van der Waals surface area contributed by atoms with Crippen LogP contribution in [-0.2, 0) is 28.5 Å². The highest BCUT2D eigenvalue weighted by molar-refractivity contribution is 6.99. The van der Waals surface area contributed by atoms with Gasteiger partial charge in [0.1, 0.15) is 25.4 Å². The number of hydrogen-bond acceptors (Lipinski definition) is 18. The zero-order valence-corrected chi connectivity index (χ0v) is 30.2. The zero-order chi connectivity index (χ0) is 34.6. The van der Waals surface area contributed by atoms with Gasteiger partial charge < -0.3 is 48.9 Å². The minimum atomic E-state index is -0.717. The normalized spacial score (nSPS) is 17.3. The number of morpholine rings is 2. The molecule has 2 atom stereocenters. The van der Waals surface area contributed by atoms with Crippen molar-refractivity contribution in [1.82, 2.24) is 28.1 Å². The maximum atomic E-state index is 12.9. The van der Waals surface area contributed by atoms with Gasteiger partial charge in [0.25, 0.3) is 11.8 Å². The van der Waals surface area contributed by atoms with E-state index < -0.39 is 24.1 Å². The lowest BCUT2D eigenvalue weighted by Gasteiger charge is -2.27. The molecular formula is C30H48N8O8S2. The Bertz CT molecular complexity index is 1220. The SMILES string of the molecule is CC(C)(C)NC[C@@H](COc1nsnc1N1CCOCC1)OC(=O)/C=C\C(=O)O[C@@H](CNC(C)(C)C)COc1nsnc1N1CCOCC1. The first kappa shape index (κ1) is 37.7. The fourth-order valence-corrected chi connectivity index (χ4v) is 5.51. The Hall–Kier alpha value is -3.16. The lowest BCUT2D eigenvalue weighted by molar-refractivity contribution is -0.147. The molecule has 2 N–H and O–H groups in total. The molecule has 4 heterocycles. The molecule has 0 aromatic carbocycles. The molecule has 268 valence electrons. The second kappa shape index (κ2) is 18.0. The van der Waals surface area contributed by atoms with Gasteiger partial charge in [-0.2, -0.15) is 8.75 Å². The molecule has 0 amide bonds. The van der Waals surface area contributed by atoms with Crippen LogP contribution in [0.2, 0.25) is 0 Å². The molecule has 18 heteroatoms. The molecular weight excluding hydrogens is 665 g/mol. The van der Waals surface area contributed by atoms with Gasteiger partial charge in [0.05, 0.1) is 49.9 Å². The zero-order valence-electron chi connectivity index (χ0n) is 28.6. The van der Waals surface area contributed by atoms with E-state index in [1.165, 1.54) is 0 Å². The average molecular weight is 713 g/mol. The minimum absolute atomic E-state index is 0.0334. The third-order valence-corrected chi connectivity index (χ3v) is 7.96. The van der Waals surface area contributed by atoms with Crippen LogP contribution >= 0.6 is 23.5 Å². The summed E-state index contributed by atoms with van der Waals surface area (Å²) in [5, 5.41) is 6.66. The highest BCUT2D eigenvalue weighted by Gasteiger charge is 2.25. The minimum Gasteiger partial charge on any atom is -0.470 e. The summed E-state index contributed by atoms with van der Waals surface area (Å²) in [5.74, 6) is 0.599. The molecule has 2 fully saturated rings. The molecule has 48 heavy (non-hydrogen) atoms. The van der Waals surface area contributed by atoms with Crippen molar-refractivity contribution < 1.29 is 38.0 Å². The number of nitrogens with zero attached hydrogens (tertiary/aromatic N) is 6. The molecule has 2 saturated heterocycles. The van der Waals surface area contributed by atoms with E-state index in [2.05, 4.69) is 37.9 Å². The van der Waals surface area contributed by atoms with Crippen molar-refractivity contribution in [2.45, 2.75) is 64.8 Å². The van der Waals surface area contributed by atoms with E-state index in [4.69, 9.17) is 28.4 Å². The highest BCUT2D eigenvalue weighted by atomic mass is 32.1. The summed E-state index contributed by atoms with van der Waals surface area (Å²) >= 11 is 2.11. The van der Waals surface area contributed by atoms with Crippen LogP contribution in [0.1, 0.15) is 41.5 Å². The summed E-state index contributed by atoms with van der Waals surface area (Å²) in [4.78, 5) is 29.8. The summed E-state index contributed by atoms with van der Waals surface area (Å²) < 4.78 is 51.5. The number of ether oxygens (including phenoxy) is 6. The second-order valence-electron chi connectivity index (χ2n) is 13.3. The van der Waals surface area contributed by atoms with Crippen LogP contribution < -0.4 is 29.9 Å². The first-order valence-electron chi connectivity index (χ1n) is 16.0. The Morgan fingerprint density at radius 1 is 0.708 bits per heavy atom. The smallest absolute Gasteiger partial charge is 0.331 e. The molecule has 0 unspecified atom stereocenters. The molecule has 2 aromatic rings. The topological polar surface area (TPSA) is 172 Å². The molecule has 16 nitrogen and oxygen atoms in total. The number of esters is 2. The molecule has 2 aliphatic heterocycles. The molecule has 2 aliphatic rings. The molecule has 0 bridgehead atoms. The van der Waals surface area contributed by atoms with Gasteiger partial charge in [-0.25, -0.2) is 9.59 Å². The van der Waals surface area contributed by atoms with Crippen molar-refractivity contribution >= 4 is 47.0 Å². The predicted molar refractivity (Wildman–Crippen MR) is 181 cm³/mol. The van der Waals surface area contributed by atoms with Gasteiger partial charge in [-0.1, -0.05) is 0 Å². The summed E-state index contributed by atoms with van der Waals surface area (Å²) in [7, 11) is 0. The van der Waals surface area contributed by atoms with E-state index >= 15 is 0 Å². The van der Waals surface area contributed by atoms with Crippen molar-refractivity contribution in [2.24, 2.45) is 0 Å². The van der Waals surface area contributed by atoms with E-state index in [0.29, 0.717) is 89.1 Å². The van der Waals surface area contributed by atoms with E-state index in [-0.39, 0.29) is 24.3 Å². The molecule has 0 aliphatic carbocycles. The third-order valence-electron chi connectivity index (χ3n) is 6.96. The largest absolute Gasteiger partial charge is 0.470 e. The van der Waals surface area contributed by atoms with Crippen molar-refractivity contribution in [3.8, 4) is 11.8 Å². The van der Waals surface area contributed by atoms with Crippen molar-refractivity contribution in [2.75, 3.05) is 88.7 Å². The van der Waals surface area contributed by atoms with Crippen LogP contribution in [0.5, 0.6) is 11.8 Å². The Labute approximate surface area is 290 Å². The van der Waals surface area contributed by atoms with E-state index in [0.717, 1.165) is 35.6 Å². The van der Waals surface area contributed by atoms with Crippen LogP contribution in [0, 0.1) is 0 Å². The predicted octanol–water partition coefficient (Wildman–Crippen LogP) is 1.68. The molecule has 0 saturated carbocycles. The number of nitrogens with one attached hydrogen (secondary N) is 2. The third kappa shape index (κ3) is 13.0. The number of rotatable bonds is 16. The van der Waals surface area contributed by atoms with Gasteiger partial charge in [0.2, 0.25) is 11.6 Å². The Balaban J connectivity index is 1.33. The van der Waals surface area contributed by atoms with Gasteiger partial charge in [-0.3, -0.25) is 0 Å². The standard InChI is InChI=1S/C30H48N8O8S2/c1-29(2,3)31-17-21(19-43-27-25(33-47-35-27)37-9-13-41-14-10-37)45-23(39)7-8-24(40)46-22(18-32-30(4,5)6)20-44-28-26(34-48-36-28)38-11-15-42-16-12-38/h7-8,21-22,31-32H,9-20H2,1-6H3/b8-7-/t21-,22-/m0/s1. The fraction of sp³-hybridized carbons (Fsp3) is 0.733. The maximum Gasteiger partial charge on any atom is 0.331 e. The molecule has 2 aromatic heterocycles. The van der Waals surface area contributed by atoms with E-state index in [9.17, 15) is 9.59 Å². The summed E-state index contributed by atoms with van der Waals surface area (Å²) in [6, 6.07) is 0. The number of anilines is 2. The lowest BCUT2D eigenvalue weighted by Crippen LogP contribution is -2.44. The average Bonchev–Trinajstić information content (AvgIpc) is 3.72.